The molecule has 3 rings (SSSR count). The first kappa shape index (κ1) is 20.7. The number of nitriles is 2. The van der Waals surface area contributed by atoms with E-state index in [0.717, 1.165) is 21.6 Å². The van der Waals surface area contributed by atoms with Crippen LogP contribution in [0.1, 0.15) is 27.8 Å². The van der Waals surface area contributed by atoms with E-state index in [-0.39, 0.29) is 33.1 Å². The lowest BCUT2D eigenvalue weighted by atomic mass is 9.96. The number of nitrogens with zero attached hydrogens (tertiary/aromatic N) is 3. The second-order valence-electron chi connectivity index (χ2n) is 6.58. The number of pyridine rings is 1. The Morgan fingerprint density at radius 2 is 1.66 bits per heavy atom. The van der Waals surface area contributed by atoms with Gasteiger partial charge in [0.25, 0.3) is 0 Å². The molecule has 0 amide bonds. The van der Waals surface area contributed by atoms with Crippen molar-refractivity contribution in [3.05, 3.63) is 69.0 Å². The molecule has 4 nitrogen and oxygen atoms in total. The highest BCUT2D eigenvalue weighted by Crippen LogP contribution is 2.42. The molecule has 0 bridgehead atoms. The fourth-order valence-electron chi connectivity index (χ4n) is 3.28. The summed E-state index contributed by atoms with van der Waals surface area (Å²) in [6.07, 6.45) is 0. The van der Waals surface area contributed by atoms with E-state index in [2.05, 4.69) is 11.1 Å². The Morgan fingerprint density at radius 1 is 1.03 bits per heavy atom. The first-order valence-corrected chi connectivity index (χ1v) is 9.81. The number of nitrogens with two attached hydrogens (primary N) is 1. The Kier molecular flexibility index (Phi) is 5.79. The molecule has 0 saturated carbocycles. The number of benzene rings is 2. The minimum atomic E-state index is -0.644. The lowest BCUT2D eigenvalue weighted by Gasteiger charge is -2.16. The zero-order valence-electron chi connectivity index (χ0n) is 16.0. The van der Waals surface area contributed by atoms with Crippen LogP contribution in [0.4, 0.5) is 10.2 Å². The molecule has 0 unspecified atom stereocenters. The summed E-state index contributed by atoms with van der Waals surface area (Å²) in [6, 6.07) is 12.3. The van der Waals surface area contributed by atoms with Gasteiger partial charge < -0.3 is 5.73 Å². The number of rotatable bonds is 3. The van der Waals surface area contributed by atoms with Crippen molar-refractivity contribution in [1.82, 2.24) is 4.98 Å². The summed E-state index contributed by atoms with van der Waals surface area (Å²) in [5.74, 6) is -0.722. The molecule has 0 aliphatic rings. The van der Waals surface area contributed by atoms with Crippen molar-refractivity contribution in [3.63, 3.8) is 0 Å². The third-order valence-electron chi connectivity index (χ3n) is 4.43. The van der Waals surface area contributed by atoms with E-state index < -0.39 is 5.82 Å². The maximum absolute atomic E-state index is 14.7. The zero-order chi connectivity index (χ0) is 21.3. The molecule has 0 fully saturated rings. The van der Waals surface area contributed by atoms with Crippen LogP contribution < -0.4 is 5.73 Å². The van der Waals surface area contributed by atoms with Gasteiger partial charge in [-0.2, -0.15) is 10.5 Å². The monoisotopic (exact) mass is 422 g/mol. The lowest BCUT2D eigenvalue weighted by Crippen LogP contribution is -2.05. The molecule has 1 heterocycles. The number of anilines is 1. The van der Waals surface area contributed by atoms with Crippen molar-refractivity contribution >= 4 is 29.2 Å². The predicted molar refractivity (Wildman–Crippen MR) is 113 cm³/mol. The molecule has 0 saturated heterocycles. The highest BCUT2D eigenvalue weighted by atomic mass is 35.5. The first-order chi connectivity index (χ1) is 13.8. The Hall–Kier alpha value is -3.06. The van der Waals surface area contributed by atoms with Gasteiger partial charge in [0, 0.05) is 16.0 Å². The molecule has 2 N–H and O–H groups in total. The maximum Gasteiger partial charge on any atom is 0.143 e. The molecular formula is C22H16ClFN4S. The summed E-state index contributed by atoms with van der Waals surface area (Å²) in [7, 11) is 0. The SMILES string of the molecule is Cc1cc(C)c(Sc2nc(N)c(C#N)c(-c3c(F)cccc3Cl)c2C#N)c(C)c1. The van der Waals surface area contributed by atoms with Crippen molar-refractivity contribution in [2.24, 2.45) is 0 Å². The average Bonchev–Trinajstić information content (AvgIpc) is 2.64. The third-order valence-corrected chi connectivity index (χ3v) is 6.08. The molecule has 29 heavy (non-hydrogen) atoms. The Balaban J connectivity index is 2.34. The van der Waals surface area contributed by atoms with Crippen molar-refractivity contribution < 1.29 is 4.39 Å². The highest BCUT2D eigenvalue weighted by molar-refractivity contribution is 7.99. The van der Waals surface area contributed by atoms with Gasteiger partial charge in [0.1, 0.15) is 34.4 Å². The van der Waals surface area contributed by atoms with Gasteiger partial charge in [0.2, 0.25) is 0 Å². The molecule has 3 aromatic rings. The minimum absolute atomic E-state index is 0.0319. The highest BCUT2D eigenvalue weighted by Gasteiger charge is 2.25. The van der Waals surface area contributed by atoms with Gasteiger partial charge in [-0.05, 0) is 44.0 Å². The molecule has 2 aromatic carbocycles. The van der Waals surface area contributed by atoms with E-state index in [0.29, 0.717) is 5.03 Å². The fraction of sp³-hybridized carbons (Fsp3) is 0.136. The average molecular weight is 423 g/mol. The van der Waals surface area contributed by atoms with Crippen LogP contribution in [0, 0.1) is 49.3 Å². The van der Waals surface area contributed by atoms with Crippen molar-refractivity contribution in [1.29, 1.82) is 10.5 Å². The van der Waals surface area contributed by atoms with Crippen LogP contribution in [0.5, 0.6) is 0 Å². The maximum atomic E-state index is 14.7. The quantitative estimate of drug-likeness (QED) is 0.564. The third kappa shape index (κ3) is 3.78. The molecule has 1 aromatic heterocycles. The second kappa shape index (κ2) is 8.13. The molecule has 0 radical (unpaired) electrons. The number of hydrogen-bond donors (Lipinski definition) is 1. The van der Waals surface area contributed by atoms with Gasteiger partial charge >= 0.3 is 0 Å². The van der Waals surface area contributed by atoms with Crippen LogP contribution in [0.2, 0.25) is 5.02 Å². The van der Waals surface area contributed by atoms with E-state index in [1.807, 2.05) is 39.0 Å². The van der Waals surface area contributed by atoms with Crippen LogP contribution in [0.25, 0.3) is 11.1 Å². The summed E-state index contributed by atoms with van der Waals surface area (Å²) >= 11 is 7.49. The van der Waals surface area contributed by atoms with Crippen molar-refractivity contribution in [2.45, 2.75) is 30.7 Å². The molecule has 7 heteroatoms. The standard InChI is InChI=1S/C22H16ClFN4S/c1-11-7-12(2)20(13(3)8-11)29-22-15(10-26)18(14(9-25)21(27)28-22)19-16(23)5-4-6-17(19)24/h4-8H,1-3H3,(H2,27,28). The normalized spacial score (nSPS) is 10.4. The van der Waals surface area contributed by atoms with Gasteiger partial charge in [0.05, 0.1) is 10.6 Å². The smallest absolute Gasteiger partial charge is 0.143 e. The van der Waals surface area contributed by atoms with Gasteiger partial charge in [0.15, 0.2) is 0 Å². The van der Waals surface area contributed by atoms with Gasteiger partial charge in [-0.1, -0.05) is 47.1 Å². The Labute approximate surface area is 177 Å². The van der Waals surface area contributed by atoms with Crippen molar-refractivity contribution in [2.75, 3.05) is 5.73 Å². The predicted octanol–water partition coefficient (Wildman–Crippen LogP) is 5.94. The molecule has 0 spiro atoms. The molecule has 144 valence electrons. The van der Waals surface area contributed by atoms with Crippen LogP contribution in [0.15, 0.2) is 40.3 Å². The van der Waals surface area contributed by atoms with E-state index in [9.17, 15) is 14.9 Å². The van der Waals surface area contributed by atoms with Crippen LogP contribution >= 0.6 is 23.4 Å². The number of hydrogen-bond acceptors (Lipinski definition) is 5. The number of halogens is 2. The number of aromatic nitrogens is 1. The van der Waals surface area contributed by atoms with Crippen LogP contribution in [-0.2, 0) is 0 Å². The van der Waals surface area contributed by atoms with E-state index in [1.54, 1.807) is 0 Å². The zero-order valence-corrected chi connectivity index (χ0v) is 17.5. The fourth-order valence-corrected chi connectivity index (χ4v) is 4.57. The molecule has 0 aliphatic heterocycles. The number of aryl methyl sites for hydroxylation is 3. The number of nitrogen functional groups attached to an aromatic ring is 1. The van der Waals surface area contributed by atoms with Gasteiger partial charge in [-0.3, -0.25) is 0 Å². The Bertz CT molecular complexity index is 1180. The summed E-state index contributed by atoms with van der Waals surface area (Å²) in [5.41, 5.74) is 9.21. The second-order valence-corrected chi connectivity index (χ2v) is 7.98. The summed E-state index contributed by atoms with van der Waals surface area (Å²) in [6.45, 7) is 5.94. The molecular weight excluding hydrogens is 407 g/mol. The van der Waals surface area contributed by atoms with Gasteiger partial charge in [-0.15, -0.1) is 0 Å². The summed E-state index contributed by atoms with van der Waals surface area (Å²) in [4.78, 5) is 5.22. The van der Waals surface area contributed by atoms with E-state index in [1.165, 1.54) is 30.0 Å². The van der Waals surface area contributed by atoms with Crippen LogP contribution in [0.3, 0.4) is 0 Å². The first-order valence-electron chi connectivity index (χ1n) is 8.62. The molecule has 0 aliphatic carbocycles. The topological polar surface area (TPSA) is 86.5 Å². The summed E-state index contributed by atoms with van der Waals surface area (Å²) in [5, 5.41) is 19.9. The largest absolute Gasteiger partial charge is 0.383 e. The lowest BCUT2D eigenvalue weighted by molar-refractivity contribution is 0.631. The Morgan fingerprint density at radius 3 is 2.21 bits per heavy atom. The van der Waals surface area contributed by atoms with Gasteiger partial charge in [-0.25, -0.2) is 9.37 Å². The van der Waals surface area contributed by atoms with Crippen LogP contribution in [-0.4, -0.2) is 4.98 Å². The summed E-state index contributed by atoms with van der Waals surface area (Å²) < 4.78 is 14.7. The molecule has 0 atom stereocenters. The minimum Gasteiger partial charge on any atom is -0.383 e. The van der Waals surface area contributed by atoms with E-state index in [4.69, 9.17) is 17.3 Å². The van der Waals surface area contributed by atoms with Crippen molar-refractivity contribution in [3.8, 4) is 23.3 Å². The van der Waals surface area contributed by atoms with E-state index >= 15 is 0 Å².